The number of hydrogen-bond donors (Lipinski definition) is 1. The lowest BCUT2D eigenvalue weighted by atomic mass is 10.2. The van der Waals surface area contributed by atoms with Crippen LogP contribution >= 0.6 is 27.3 Å². The van der Waals surface area contributed by atoms with Crippen LogP contribution in [0.4, 0.5) is 0 Å². The van der Waals surface area contributed by atoms with Gasteiger partial charge in [-0.3, -0.25) is 0 Å². The number of carboxylic acid groups (broad SMARTS) is 1. The Labute approximate surface area is 114 Å². The normalized spacial score (nSPS) is 10.9. The van der Waals surface area contributed by atoms with E-state index in [0.29, 0.717) is 17.0 Å². The summed E-state index contributed by atoms with van der Waals surface area (Å²) in [6.07, 6.45) is 0. The Balaban J connectivity index is 2.22. The molecule has 1 N–H and O–H groups in total. The van der Waals surface area contributed by atoms with Gasteiger partial charge in [-0.15, -0.1) is 11.3 Å². The van der Waals surface area contributed by atoms with E-state index in [1.807, 2.05) is 12.1 Å². The molecule has 6 heteroatoms. The Morgan fingerprint density at radius 2 is 2.17 bits per heavy atom. The van der Waals surface area contributed by atoms with E-state index in [-0.39, 0.29) is 5.56 Å². The zero-order chi connectivity index (χ0) is 12.7. The van der Waals surface area contributed by atoms with Crippen molar-refractivity contribution in [1.29, 1.82) is 0 Å². The number of rotatable bonds is 2. The van der Waals surface area contributed by atoms with E-state index in [0.717, 1.165) is 8.66 Å². The Bertz CT molecular complexity index is 747. The number of fused-ring (bicyclic) bond motifs is 1. The molecule has 4 nitrogen and oxygen atoms in total. The minimum atomic E-state index is -1.02. The largest absolute Gasteiger partial charge is 0.478 e. The molecule has 0 saturated carbocycles. The lowest BCUT2D eigenvalue weighted by Crippen LogP contribution is -1.95. The first kappa shape index (κ1) is 11.4. The number of hydrogen-bond acceptors (Lipinski definition) is 4. The molecule has 0 saturated heterocycles. The van der Waals surface area contributed by atoms with Crippen molar-refractivity contribution in [2.24, 2.45) is 0 Å². The molecular weight excluding hydrogens is 318 g/mol. The summed E-state index contributed by atoms with van der Waals surface area (Å²) < 4.78 is 6.53. The highest BCUT2D eigenvalue weighted by Crippen LogP contribution is 2.33. The number of nitrogens with zero attached hydrogens (tertiary/aromatic N) is 1. The first-order valence-electron chi connectivity index (χ1n) is 5.04. The Hall–Kier alpha value is -1.66. The van der Waals surface area contributed by atoms with Crippen molar-refractivity contribution < 1.29 is 14.3 Å². The Kier molecular flexibility index (Phi) is 2.68. The highest BCUT2D eigenvalue weighted by atomic mass is 79.9. The molecule has 1 aromatic carbocycles. The van der Waals surface area contributed by atoms with Crippen LogP contribution in [-0.4, -0.2) is 16.1 Å². The number of aromatic nitrogens is 1. The second kappa shape index (κ2) is 4.22. The maximum atomic E-state index is 11.1. The average Bonchev–Trinajstić information content (AvgIpc) is 2.93. The predicted molar refractivity (Wildman–Crippen MR) is 72.0 cm³/mol. The van der Waals surface area contributed by atoms with Gasteiger partial charge in [0.2, 0.25) is 5.89 Å². The molecule has 0 radical (unpaired) electrons. The molecule has 0 bridgehead atoms. The van der Waals surface area contributed by atoms with Gasteiger partial charge in [0.25, 0.3) is 0 Å². The summed E-state index contributed by atoms with van der Waals surface area (Å²) in [6, 6.07) is 8.66. The number of para-hydroxylation sites is 1. The van der Waals surface area contributed by atoms with Gasteiger partial charge in [0.05, 0.1) is 8.66 Å². The fourth-order valence-corrected chi connectivity index (χ4v) is 2.96. The van der Waals surface area contributed by atoms with Crippen molar-refractivity contribution in [3.63, 3.8) is 0 Å². The fraction of sp³-hybridized carbons (Fsp3) is 0. The smallest absolute Gasteiger partial charge is 0.339 e. The highest BCUT2D eigenvalue weighted by molar-refractivity contribution is 9.11. The van der Waals surface area contributed by atoms with E-state index >= 15 is 0 Å². The van der Waals surface area contributed by atoms with Crippen LogP contribution in [0, 0.1) is 0 Å². The average molecular weight is 324 g/mol. The van der Waals surface area contributed by atoms with Gasteiger partial charge in [-0.05, 0) is 40.2 Å². The van der Waals surface area contributed by atoms with Crippen LogP contribution in [0.25, 0.3) is 21.9 Å². The zero-order valence-electron chi connectivity index (χ0n) is 8.88. The van der Waals surface area contributed by atoms with Crippen molar-refractivity contribution in [2.75, 3.05) is 0 Å². The van der Waals surface area contributed by atoms with Crippen LogP contribution in [0.5, 0.6) is 0 Å². The highest BCUT2D eigenvalue weighted by Gasteiger charge is 2.16. The number of benzene rings is 1. The summed E-state index contributed by atoms with van der Waals surface area (Å²) in [5.41, 5.74) is 0.987. The Morgan fingerprint density at radius 1 is 1.33 bits per heavy atom. The number of carbonyl (C=O) groups is 1. The number of aromatic carboxylic acids is 1. The van der Waals surface area contributed by atoms with Crippen LogP contribution in [0.15, 0.2) is 38.5 Å². The van der Waals surface area contributed by atoms with E-state index in [1.165, 1.54) is 17.4 Å². The van der Waals surface area contributed by atoms with Crippen molar-refractivity contribution in [1.82, 2.24) is 4.98 Å². The molecule has 0 aliphatic heterocycles. The van der Waals surface area contributed by atoms with E-state index in [9.17, 15) is 4.79 Å². The molecule has 0 spiro atoms. The zero-order valence-corrected chi connectivity index (χ0v) is 11.3. The summed E-state index contributed by atoms with van der Waals surface area (Å²) in [4.78, 5) is 16.2. The van der Waals surface area contributed by atoms with Gasteiger partial charge in [-0.2, -0.15) is 0 Å². The minimum absolute atomic E-state index is 0.127. The van der Waals surface area contributed by atoms with Gasteiger partial charge >= 0.3 is 5.97 Å². The molecule has 2 aromatic heterocycles. The maximum absolute atomic E-state index is 11.1. The molecule has 0 aliphatic rings. The third-order valence-corrected chi connectivity index (χ3v) is 4.04. The minimum Gasteiger partial charge on any atom is -0.478 e. The van der Waals surface area contributed by atoms with E-state index in [2.05, 4.69) is 20.9 Å². The van der Waals surface area contributed by atoms with Gasteiger partial charge < -0.3 is 9.52 Å². The molecule has 3 aromatic rings. The van der Waals surface area contributed by atoms with Crippen LogP contribution in [0.1, 0.15) is 10.4 Å². The molecule has 0 aliphatic carbocycles. The third-order valence-electron chi connectivity index (χ3n) is 2.43. The monoisotopic (exact) mass is 323 g/mol. The van der Waals surface area contributed by atoms with Crippen LogP contribution in [-0.2, 0) is 0 Å². The van der Waals surface area contributed by atoms with Gasteiger partial charge in [-0.1, -0.05) is 6.07 Å². The molecule has 18 heavy (non-hydrogen) atoms. The number of thiophene rings is 1. The molecule has 0 atom stereocenters. The van der Waals surface area contributed by atoms with Crippen LogP contribution in [0.2, 0.25) is 0 Å². The summed E-state index contributed by atoms with van der Waals surface area (Å²) in [7, 11) is 0. The van der Waals surface area contributed by atoms with Gasteiger partial charge in [-0.25, -0.2) is 9.78 Å². The van der Waals surface area contributed by atoms with E-state index < -0.39 is 5.97 Å². The maximum Gasteiger partial charge on any atom is 0.339 e. The van der Waals surface area contributed by atoms with Gasteiger partial charge in [0, 0.05) is 0 Å². The first-order valence-corrected chi connectivity index (χ1v) is 6.64. The molecule has 0 fully saturated rings. The summed E-state index contributed by atoms with van der Waals surface area (Å²) in [6.45, 7) is 0. The number of halogens is 1. The van der Waals surface area contributed by atoms with Crippen LogP contribution in [0.3, 0.4) is 0 Å². The second-order valence-corrected chi connectivity index (χ2v) is 6.04. The van der Waals surface area contributed by atoms with Crippen molar-refractivity contribution in [3.8, 4) is 10.8 Å². The molecule has 0 unspecified atom stereocenters. The standard InChI is InChI=1S/C12H6BrNO3S/c13-9-5-4-8(18-9)11-14-7-3-1-2-6(12(15)16)10(7)17-11/h1-5H,(H,15,16). The van der Waals surface area contributed by atoms with Crippen LogP contribution < -0.4 is 0 Å². The molecular formula is C12H6BrNO3S. The molecule has 3 rings (SSSR count). The second-order valence-electron chi connectivity index (χ2n) is 3.58. The summed E-state index contributed by atoms with van der Waals surface area (Å²) >= 11 is 4.85. The van der Waals surface area contributed by atoms with E-state index in [1.54, 1.807) is 12.1 Å². The Morgan fingerprint density at radius 3 is 2.83 bits per heavy atom. The SMILES string of the molecule is O=C(O)c1cccc2nc(-c3ccc(Br)s3)oc12. The first-order chi connectivity index (χ1) is 8.65. The van der Waals surface area contributed by atoms with E-state index in [4.69, 9.17) is 9.52 Å². The van der Waals surface area contributed by atoms with Gasteiger partial charge in [0.15, 0.2) is 5.58 Å². The summed E-state index contributed by atoms with van der Waals surface area (Å²) in [5, 5.41) is 9.07. The number of oxazole rings is 1. The number of carboxylic acids is 1. The summed E-state index contributed by atoms with van der Waals surface area (Å²) in [5.74, 6) is -0.579. The topological polar surface area (TPSA) is 63.3 Å². The molecule has 2 heterocycles. The third kappa shape index (κ3) is 1.83. The molecule has 90 valence electrons. The van der Waals surface area contributed by atoms with Crippen molar-refractivity contribution >= 4 is 44.3 Å². The predicted octanol–water partition coefficient (Wildman–Crippen LogP) is 4.02. The van der Waals surface area contributed by atoms with Gasteiger partial charge in [0.1, 0.15) is 11.1 Å². The fourth-order valence-electron chi connectivity index (χ4n) is 1.65. The van der Waals surface area contributed by atoms with Crippen molar-refractivity contribution in [3.05, 3.63) is 39.7 Å². The lowest BCUT2D eigenvalue weighted by Gasteiger charge is -1.92. The van der Waals surface area contributed by atoms with Crippen molar-refractivity contribution in [2.45, 2.75) is 0 Å². The quantitative estimate of drug-likeness (QED) is 0.773. The lowest BCUT2D eigenvalue weighted by molar-refractivity contribution is 0.0698. The molecule has 0 amide bonds.